The Labute approximate surface area is 75.8 Å². The molecule has 0 saturated carbocycles. The van der Waals surface area contributed by atoms with Crippen LogP contribution in [0, 0.1) is 5.92 Å². The van der Waals surface area contributed by atoms with Gasteiger partial charge in [0.15, 0.2) is 0 Å². The van der Waals surface area contributed by atoms with Crippen molar-refractivity contribution in [3.8, 4) is 0 Å². The van der Waals surface area contributed by atoms with E-state index in [9.17, 15) is 9.59 Å². The van der Waals surface area contributed by atoms with Crippen molar-refractivity contribution >= 4 is 10.4 Å². The average molecular weight is 193 g/mol. The van der Waals surface area contributed by atoms with Gasteiger partial charge in [0.1, 0.15) is 0 Å². The van der Waals surface area contributed by atoms with Crippen LogP contribution in [0.3, 0.4) is 0 Å². The molecule has 1 unspecified atom stereocenters. The van der Waals surface area contributed by atoms with Gasteiger partial charge >= 0.3 is 75.3 Å². The molecule has 0 aliphatic heterocycles. The van der Waals surface area contributed by atoms with Gasteiger partial charge in [0.25, 0.3) is 0 Å². The van der Waals surface area contributed by atoms with Crippen LogP contribution in [-0.4, -0.2) is 10.4 Å². The molecule has 0 saturated heterocycles. The molecule has 2 nitrogen and oxygen atoms in total. The first kappa shape index (κ1) is 10.9. The van der Waals surface area contributed by atoms with Gasteiger partial charge in [-0.25, -0.2) is 0 Å². The Kier molecular flexibility index (Phi) is 5.45. The molecule has 0 bridgehead atoms. The molecule has 0 amide bonds. The Morgan fingerprint density at radius 2 is 2.00 bits per heavy atom. The molecule has 0 fully saturated rings. The predicted molar refractivity (Wildman–Crippen MR) is 38.7 cm³/mol. The summed E-state index contributed by atoms with van der Waals surface area (Å²) in [5.41, 5.74) is 0. The molecular formula is C8H13CrO2. The van der Waals surface area contributed by atoms with Crippen LogP contribution in [0.25, 0.3) is 0 Å². The summed E-state index contributed by atoms with van der Waals surface area (Å²) in [6.07, 6.45) is 2.19. The normalized spacial score (nSPS) is 12.5. The summed E-state index contributed by atoms with van der Waals surface area (Å²) in [5.74, 6) is 0.312. The van der Waals surface area contributed by atoms with Crippen molar-refractivity contribution in [3.05, 3.63) is 0 Å². The van der Waals surface area contributed by atoms with Crippen LogP contribution in [-0.2, 0) is 25.9 Å². The van der Waals surface area contributed by atoms with Crippen molar-refractivity contribution < 1.29 is 25.9 Å². The average Bonchev–Trinajstić information content (AvgIpc) is 1.86. The minimum atomic E-state index is 0.0840. The second kappa shape index (κ2) is 5.51. The molecular weight excluding hydrogens is 180 g/mol. The maximum atomic E-state index is 10.7. The Morgan fingerprint density at radius 1 is 1.45 bits per heavy atom. The molecule has 0 rings (SSSR count). The molecule has 11 heavy (non-hydrogen) atoms. The van der Waals surface area contributed by atoms with E-state index in [4.69, 9.17) is 0 Å². The van der Waals surface area contributed by atoms with Gasteiger partial charge < -0.3 is 0 Å². The van der Waals surface area contributed by atoms with Crippen LogP contribution in [0.2, 0.25) is 0 Å². The van der Waals surface area contributed by atoms with Crippen molar-refractivity contribution in [3.63, 3.8) is 0 Å². The number of carbonyl (C=O) groups is 2. The van der Waals surface area contributed by atoms with Crippen LogP contribution in [0.4, 0.5) is 0 Å². The second-order valence-corrected chi connectivity index (χ2v) is 3.49. The van der Waals surface area contributed by atoms with E-state index in [0.717, 1.165) is 12.8 Å². The van der Waals surface area contributed by atoms with E-state index in [0.29, 0.717) is 6.42 Å². The first-order valence-corrected chi connectivity index (χ1v) is 4.38. The van der Waals surface area contributed by atoms with Crippen molar-refractivity contribution in [2.75, 3.05) is 0 Å². The molecule has 63 valence electrons. The van der Waals surface area contributed by atoms with E-state index < -0.39 is 0 Å². The van der Waals surface area contributed by atoms with E-state index in [1.807, 2.05) is 6.92 Å². The van der Waals surface area contributed by atoms with Gasteiger partial charge in [-0.1, -0.05) is 0 Å². The van der Waals surface area contributed by atoms with Crippen LogP contribution < -0.4 is 0 Å². The predicted octanol–water partition coefficient (Wildman–Crippen LogP) is 1.46. The van der Waals surface area contributed by atoms with Crippen LogP contribution in [0.15, 0.2) is 0 Å². The van der Waals surface area contributed by atoms with Gasteiger partial charge in [-0.2, -0.15) is 0 Å². The summed E-state index contributed by atoms with van der Waals surface area (Å²) in [4.78, 5) is 21.2. The first-order chi connectivity index (χ1) is 5.04. The van der Waals surface area contributed by atoms with E-state index in [1.165, 1.54) is 0 Å². The second-order valence-electron chi connectivity index (χ2n) is 2.78. The molecule has 0 aromatic carbocycles. The molecule has 0 heterocycles. The zero-order valence-electron chi connectivity index (χ0n) is 6.92. The number of Topliss-reactive ketones (excluding diaryl/α,β-unsaturated/α-hetero) is 1. The molecule has 0 aromatic heterocycles. The molecule has 0 aliphatic carbocycles. The quantitative estimate of drug-likeness (QED) is 0.662. The standard InChI is InChI=1S/C8H13O2.Cr/c1-7(8(2)10)5-3-4-6-9;/h7H,3-5H2,1-2H3;. The summed E-state index contributed by atoms with van der Waals surface area (Å²) in [6.45, 7) is 3.48. The van der Waals surface area contributed by atoms with Crippen molar-refractivity contribution in [1.82, 2.24) is 0 Å². The molecule has 0 radical (unpaired) electrons. The SMILES string of the molecule is CC(=O)C(C)CCC[C](=O)[Cr]. The molecule has 0 aromatic rings. The minimum absolute atomic E-state index is 0.0840. The van der Waals surface area contributed by atoms with Crippen LogP contribution in [0.5, 0.6) is 0 Å². The summed E-state index contributed by atoms with van der Waals surface area (Å²) in [6, 6.07) is 0. The zero-order chi connectivity index (χ0) is 8.85. The third-order valence-electron chi connectivity index (χ3n) is 1.71. The Morgan fingerprint density at radius 3 is 2.36 bits per heavy atom. The van der Waals surface area contributed by atoms with Gasteiger partial charge in [0.05, 0.1) is 0 Å². The third kappa shape index (κ3) is 6.28. The molecule has 1 atom stereocenters. The van der Waals surface area contributed by atoms with Gasteiger partial charge in [-0.05, 0) is 0 Å². The first-order valence-electron chi connectivity index (χ1n) is 3.74. The number of rotatable bonds is 5. The van der Waals surface area contributed by atoms with E-state index in [-0.39, 0.29) is 16.3 Å². The Bertz CT molecular complexity index is 154. The maximum absolute atomic E-state index is 10.7. The topological polar surface area (TPSA) is 34.1 Å². The molecule has 0 spiro atoms. The van der Waals surface area contributed by atoms with E-state index in [1.54, 1.807) is 6.92 Å². The van der Waals surface area contributed by atoms with Gasteiger partial charge in [-0.15, -0.1) is 0 Å². The van der Waals surface area contributed by atoms with E-state index in [2.05, 4.69) is 16.3 Å². The monoisotopic (exact) mass is 193 g/mol. The van der Waals surface area contributed by atoms with E-state index >= 15 is 0 Å². The molecule has 0 aliphatic rings. The fourth-order valence-corrected chi connectivity index (χ4v) is 0.981. The van der Waals surface area contributed by atoms with Gasteiger partial charge in [0.2, 0.25) is 0 Å². The van der Waals surface area contributed by atoms with Gasteiger partial charge in [0, 0.05) is 0 Å². The summed E-state index contributed by atoms with van der Waals surface area (Å²) in [7, 11) is 0. The fraction of sp³-hybridized carbons (Fsp3) is 0.750. The molecule has 3 heteroatoms. The van der Waals surface area contributed by atoms with Crippen LogP contribution >= 0.6 is 0 Å². The fourth-order valence-electron chi connectivity index (χ4n) is 0.756. The Hall–Kier alpha value is -0.128. The summed E-state index contributed by atoms with van der Waals surface area (Å²) < 4.78 is 0.0840. The third-order valence-corrected chi connectivity index (χ3v) is 2.03. The van der Waals surface area contributed by atoms with Gasteiger partial charge in [-0.3, -0.25) is 0 Å². The zero-order valence-corrected chi connectivity index (χ0v) is 8.20. The number of carbonyl (C=O) groups excluding carboxylic acids is 2. The Balaban J connectivity index is 3.39. The number of hydrogen-bond acceptors (Lipinski definition) is 2. The summed E-state index contributed by atoms with van der Waals surface area (Å²) in [5, 5.41) is 0. The summed E-state index contributed by atoms with van der Waals surface area (Å²) >= 11 is 2.42. The van der Waals surface area contributed by atoms with Crippen LogP contribution in [0.1, 0.15) is 33.1 Å². The molecule has 0 N–H and O–H groups in total. The van der Waals surface area contributed by atoms with Crippen molar-refractivity contribution in [2.24, 2.45) is 5.92 Å². The number of hydrogen-bond donors (Lipinski definition) is 0. The van der Waals surface area contributed by atoms with Crippen molar-refractivity contribution in [2.45, 2.75) is 33.1 Å². The number of ketones is 1. The van der Waals surface area contributed by atoms with Crippen molar-refractivity contribution in [1.29, 1.82) is 0 Å².